The van der Waals surface area contributed by atoms with Crippen molar-refractivity contribution in [2.75, 3.05) is 20.6 Å². The quantitative estimate of drug-likeness (QED) is 0.898. The van der Waals surface area contributed by atoms with Crippen LogP contribution in [0.1, 0.15) is 22.0 Å². The molecule has 0 aliphatic rings. The zero-order valence-corrected chi connectivity index (χ0v) is 13.7. The maximum Gasteiger partial charge on any atom is 0.252 e. The molecule has 0 radical (unpaired) electrons. The lowest BCUT2D eigenvalue weighted by atomic mass is 10.1. The van der Waals surface area contributed by atoms with E-state index in [4.69, 9.17) is 0 Å². The number of hydrogen-bond donors (Lipinski definition) is 1. The highest BCUT2D eigenvalue weighted by Crippen LogP contribution is 2.20. The molecular weight excluding hydrogens is 338 g/mol. The molecule has 0 aliphatic carbocycles. The van der Waals surface area contributed by atoms with E-state index in [-0.39, 0.29) is 11.9 Å². The van der Waals surface area contributed by atoms with Gasteiger partial charge in [0.2, 0.25) is 0 Å². The third-order valence-corrected chi connectivity index (χ3v) is 4.11. The first-order valence-corrected chi connectivity index (χ1v) is 7.89. The van der Waals surface area contributed by atoms with Gasteiger partial charge in [0, 0.05) is 23.4 Å². The highest BCUT2D eigenvalue weighted by Gasteiger charge is 2.16. The topological polar surface area (TPSA) is 45.2 Å². The van der Waals surface area contributed by atoms with Crippen LogP contribution in [-0.2, 0) is 0 Å². The lowest BCUT2D eigenvalue weighted by Crippen LogP contribution is -2.34. The largest absolute Gasteiger partial charge is 0.350 e. The van der Waals surface area contributed by atoms with Crippen molar-refractivity contribution in [3.8, 4) is 0 Å². The smallest absolute Gasteiger partial charge is 0.252 e. The van der Waals surface area contributed by atoms with E-state index in [1.54, 1.807) is 29.8 Å². The van der Waals surface area contributed by atoms with Gasteiger partial charge in [-0.05, 0) is 58.5 Å². The van der Waals surface area contributed by atoms with Crippen molar-refractivity contribution in [1.29, 1.82) is 0 Å². The van der Waals surface area contributed by atoms with Gasteiger partial charge in [0.1, 0.15) is 0 Å². The summed E-state index contributed by atoms with van der Waals surface area (Å²) in [5.41, 5.74) is 1.77. The fraction of sp³-hybridized carbons (Fsp3) is 0.286. The minimum Gasteiger partial charge on any atom is -0.350 e. The van der Waals surface area contributed by atoms with Gasteiger partial charge < -0.3 is 10.2 Å². The summed E-state index contributed by atoms with van der Waals surface area (Å²) in [6.45, 7) is 0.565. The zero-order valence-electron chi connectivity index (χ0n) is 11.3. The summed E-state index contributed by atoms with van der Waals surface area (Å²) < 4.78 is 0.798. The number of nitrogens with one attached hydrogen (secondary N) is 1. The Morgan fingerprint density at radius 1 is 1.50 bits per heavy atom. The SMILES string of the molecule is CN(C)[C@@H](CNC(=O)c1cncc(Br)c1)c1ccsc1. The van der Waals surface area contributed by atoms with Gasteiger partial charge in [-0.2, -0.15) is 11.3 Å². The first-order chi connectivity index (χ1) is 9.58. The van der Waals surface area contributed by atoms with E-state index in [9.17, 15) is 4.79 Å². The Bertz CT molecular complexity index is 572. The summed E-state index contributed by atoms with van der Waals surface area (Å²) in [7, 11) is 4.02. The molecule has 2 rings (SSSR count). The maximum absolute atomic E-state index is 12.1. The molecule has 1 amide bonds. The van der Waals surface area contributed by atoms with Crippen molar-refractivity contribution in [3.05, 3.63) is 50.9 Å². The molecule has 0 fully saturated rings. The number of pyridine rings is 1. The number of hydrogen-bond acceptors (Lipinski definition) is 4. The van der Waals surface area contributed by atoms with Crippen LogP contribution in [0.5, 0.6) is 0 Å². The monoisotopic (exact) mass is 353 g/mol. The summed E-state index contributed by atoms with van der Waals surface area (Å²) >= 11 is 4.98. The van der Waals surface area contributed by atoms with E-state index in [1.165, 1.54) is 5.56 Å². The van der Waals surface area contributed by atoms with Crippen molar-refractivity contribution in [3.63, 3.8) is 0 Å². The summed E-state index contributed by atoms with van der Waals surface area (Å²) in [6.07, 6.45) is 3.22. The molecule has 1 atom stereocenters. The number of nitrogens with zero attached hydrogens (tertiary/aromatic N) is 2. The molecule has 20 heavy (non-hydrogen) atoms. The first-order valence-electron chi connectivity index (χ1n) is 6.15. The predicted molar refractivity (Wildman–Crippen MR) is 85.0 cm³/mol. The molecule has 0 saturated heterocycles. The molecule has 0 bridgehead atoms. The Hall–Kier alpha value is -1.24. The third kappa shape index (κ3) is 3.88. The fourth-order valence-corrected chi connectivity index (χ4v) is 2.96. The first kappa shape index (κ1) is 15.2. The van der Waals surface area contributed by atoms with Crippen LogP contribution >= 0.6 is 27.3 Å². The second kappa shape index (κ2) is 6.97. The Morgan fingerprint density at radius 2 is 2.30 bits per heavy atom. The van der Waals surface area contributed by atoms with Gasteiger partial charge in [-0.15, -0.1) is 0 Å². The van der Waals surface area contributed by atoms with E-state index in [0.717, 1.165) is 4.47 Å². The Morgan fingerprint density at radius 3 is 2.90 bits per heavy atom. The normalized spacial score (nSPS) is 12.4. The highest BCUT2D eigenvalue weighted by molar-refractivity contribution is 9.10. The van der Waals surface area contributed by atoms with Crippen molar-refractivity contribution in [2.24, 2.45) is 0 Å². The lowest BCUT2D eigenvalue weighted by molar-refractivity contribution is 0.0941. The number of carbonyl (C=O) groups is 1. The lowest BCUT2D eigenvalue weighted by Gasteiger charge is -2.24. The molecule has 4 nitrogen and oxygen atoms in total. The summed E-state index contributed by atoms with van der Waals surface area (Å²) in [4.78, 5) is 18.2. The van der Waals surface area contributed by atoms with Crippen molar-refractivity contribution in [2.45, 2.75) is 6.04 Å². The molecule has 2 aromatic heterocycles. The molecule has 6 heteroatoms. The molecule has 2 aromatic rings. The number of thiophene rings is 1. The minimum atomic E-state index is -0.110. The van der Waals surface area contributed by atoms with Crippen LogP contribution in [0, 0.1) is 0 Å². The van der Waals surface area contributed by atoms with Crippen LogP contribution in [0.15, 0.2) is 39.8 Å². The van der Waals surface area contributed by atoms with E-state index in [0.29, 0.717) is 12.1 Å². The number of rotatable bonds is 5. The van der Waals surface area contributed by atoms with Crippen molar-refractivity contribution >= 4 is 33.2 Å². The van der Waals surface area contributed by atoms with E-state index >= 15 is 0 Å². The molecule has 0 unspecified atom stereocenters. The molecule has 0 saturated carbocycles. The number of likely N-dealkylation sites (N-methyl/N-ethyl adjacent to an activating group) is 1. The van der Waals surface area contributed by atoms with Gasteiger partial charge in [0.25, 0.3) is 5.91 Å². The molecular formula is C14H16BrN3OS. The average molecular weight is 354 g/mol. The molecule has 2 heterocycles. The molecule has 0 aromatic carbocycles. The summed E-state index contributed by atoms with van der Waals surface area (Å²) in [5.74, 6) is -0.110. The summed E-state index contributed by atoms with van der Waals surface area (Å²) in [6, 6.07) is 4.02. The van der Waals surface area contributed by atoms with Crippen LogP contribution in [0.4, 0.5) is 0 Å². The highest BCUT2D eigenvalue weighted by atomic mass is 79.9. The van der Waals surface area contributed by atoms with Gasteiger partial charge in [-0.25, -0.2) is 0 Å². The van der Waals surface area contributed by atoms with Crippen LogP contribution in [0.3, 0.4) is 0 Å². The summed E-state index contributed by atoms with van der Waals surface area (Å²) in [5, 5.41) is 7.12. The number of amides is 1. The number of aromatic nitrogens is 1. The Kier molecular flexibility index (Phi) is 5.28. The second-order valence-corrected chi connectivity index (χ2v) is 6.33. The molecule has 1 N–H and O–H groups in total. The van der Waals surface area contributed by atoms with Gasteiger partial charge in [-0.3, -0.25) is 9.78 Å². The van der Waals surface area contributed by atoms with Crippen molar-refractivity contribution in [1.82, 2.24) is 15.2 Å². The van der Waals surface area contributed by atoms with E-state index < -0.39 is 0 Å². The van der Waals surface area contributed by atoms with Gasteiger partial charge in [0.05, 0.1) is 11.6 Å². The Labute approximate surface area is 131 Å². The second-order valence-electron chi connectivity index (χ2n) is 4.64. The maximum atomic E-state index is 12.1. The van der Waals surface area contributed by atoms with Gasteiger partial charge in [0.15, 0.2) is 0 Å². The standard InChI is InChI=1S/C14H16BrN3OS/c1-18(2)13(10-3-4-20-9-10)8-17-14(19)11-5-12(15)7-16-6-11/h3-7,9,13H,8H2,1-2H3,(H,17,19)/t13-/m0/s1. The molecule has 0 spiro atoms. The number of halogens is 1. The average Bonchev–Trinajstić information content (AvgIpc) is 2.92. The third-order valence-electron chi connectivity index (χ3n) is 2.97. The molecule has 0 aliphatic heterocycles. The molecule has 106 valence electrons. The van der Waals surface area contributed by atoms with Crippen LogP contribution in [0.2, 0.25) is 0 Å². The van der Waals surface area contributed by atoms with E-state index in [2.05, 4.69) is 42.6 Å². The number of carbonyl (C=O) groups excluding carboxylic acids is 1. The van der Waals surface area contributed by atoms with Crippen molar-refractivity contribution < 1.29 is 4.79 Å². The van der Waals surface area contributed by atoms with Crippen LogP contribution in [-0.4, -0.2) is 36.4 Å². The Balaban J connectivity index is 2.01. The predicted octanol–water partition coefficient (Wildman–Crippen LogP) is 2.94. The van der Waals surface area contributed by atoms with Crippen LogP contribution < -0.4 is 5.32 Å². The fourth-order valence-electron chi connectivity index (χ4n) is 1.89. The minimum absolute atomic E-state index is 0.110. The van der Waals surface area contributed by atoms with Gasteiger partial charge in [-0.1, -0.05) is 0 Å². The van der Waals surface area contributed by atoms with Crippen LogP contribution in [0.25, 0.3) is 0 Å². The zero-order chi connectivity index (χ0) is 14.5. The van der Waals surface area contributed by atoms with E-state index in [1.807, 2.05) is 19.5 Å². The van der Waals surface area contributed by atoms with Gasteiger partial charge >= 0.3 is 0 Å².